The first kappa shape index (κ1) is 9.85. The number of hydrogen-bond donors (Lipinski definition) is 0. The third kappa shape index (κ3) is 2.35. The Morgan fingerprint density at radius 3 is 2.77 bits per heavy atom. The second kappa shape index (κ2) is 4.70. The van der Waals surface area contributed by atoms with Crippen LogP contribution < -0.4 is 4.74 Å². The van der Waals surface area contributed by atoms with Gasteiger partial charge in [0.05, 0.1) is 7.11 Å². The molecule has 0 heterocycles. The summed E-state index contributed by atoms with van der Waals surface area (Å²) in [5.41, 5.74) is 2.34. The Morgan fingerprint density at radius 1 is 1.38 bits per heavy atom. The number of methoxy groups -OCH3 is 1. The lowest BCUT2D eigenvalue weighted by Crippen LogP contribution is -1.89. The van der Waals surface area contributed by atoms with Crippen LogP contribution in [0.15, 0.2) is 24.3 Å². The van der Waals surface area contributed by atoms with Gasteiger partial charge in [-0.05, 0) is 18.9 Å². The van der Waals surface area contributed by atoms with E-state index in [4.69, 9.17) is 4.74 Å². The van der Waals surface area contributed by atoms with Crippen LogP contribution in [0.1, 0.15) is 24.5 Å². The van der Waals surface area contributed by atoms with Gasteiger partial charge in [0.15, 0.2) is 0 Å². The maximum Gasteiger partial charge on any atom is 0.128 e. The summed E-state index contributed by atoms with van der Waals surface area (Å²) in [4.78, 5) is 0. The number of para-hydroxylation sites is 1. The van der Waals surface area contributed by atoms with Gasteiger partial charge in [-0.3, -0.25) is 0 Å². The monoisotopic (exact) mass is 176 g/mol. The van der Waals surface area contributed by atoms with Crippen LogP contribution in [0.5, 0.6) is 5.75 Å². The van der Waals surface area contributed by atoms with E-state index in [0.717, 1.165) is 17.7 Å². The summed E-state index contributed by atoms with van der Waals surface area (Å²) in [6, 6.07) is 6.17. The van der Waals surface area contributed by atoms with Crippen LogP contribution in [0.25, 0.3) is 6.08 Å². The lowest BCUT2D eigenvalue weighted by molar-refractivity contribution is 0.410. The molecule has 0 aliphatic heterocycles. The predicted octanol–water partition coefficient (Wildman–Crippen LogP) is 3.43. The summed E-state index contributed by atoms with van der Waals surface area (Å²) in [7, 11) is 1.71. The van der Waals surface area contributed by atoms with Crippen molar-refractivity contribution in [1.29, 1.82) is 0 Å². The SMILES string of the molecule is CC/C=C\c1cccc(C)c1OC. The van der Waals surface area contributed by atoms with E-state index < -0.39 is 0 Å². The summed E-state index contributed by atoms with van der Waals surface area (Å²) in [5.74, 6) is 0.979. The van der Waals surface area contributed by atoms with Gasteiger partial charge in [0.25, 0.3) is 0 Å². The van der Waals surface area contributed by atoms with Crippen LogP contribution >= 0.6 is 0 Å². The maximum atomic E-state index is 5.32. The average molecular weight is 176 g/mol. The van der Waals surface area contributed by atoms with Crippen molar-refractivity contribution in [1.82, 2.24) is 0 Å². The van der Waals surface area contributed by atoms with E-state index in [-0.39, 0.29) is 0 Å². The van der Waals surface area contributed by atoms with Crippen LogP contribution in [0, 0.1) is 6.92 Å². The molecular formula is C12H16O. The van der Waals surface area contributed by atoms with E-state index in [1.807, 2.05) is 6.07 Å². The second-order valence-corrected chi connectivity index (χ2v) is 3.01. The molecule has 1 rings (SSSR count). The summed E-state index contributed by atoms with van der Waals surface area (Å²) in [5, 5.41) is 0. The summed E-state index contributed by atoms with van der Waals surface area (Å²) >= 11 is 0. The van der Waals surface area contributed by atoms with Gasteiger partial charge in [0.1, 0.15) is 5.75 Å². The molecule has 1 aromatic rings. The molecule has 0 aromatic heterocycles. The van der Waals surface area contributed by atoms with E-state index in [9.17, 15) is 0 Å². The summed E-state index contributed by atoms with van der Waals surface area (Å²) < 4.78 is 5.32. The minimum absolute atomic E-state index is 0.979. The number of rotatable bonds is 3. The van der Waals surface area contributed by atoms with Gasteiger partial charge in [-0.15, -0.1) is 0 Å². The van der Waals surface area contributed by atoms with Gasteiger partial charge >= 0.3 is 0 Å². The quantitative estimate of drug-likeness (QED) is 0.685. The number of aryl methyl sites for hydroxylation is 1. The molecular weight excluding hydrogens is 160 g/mol. The normalized spacial score (nSPS) is 10.7. The molecule has 0 N–H and O–H groups in total. The van der Waals surface area contributed by atoms with Gasteiger partial charge in [-0.25, -0.2) is 0 Å². The zero-order chi connectivity index (χ0) is 9.68. The highest BCUT2D eigenvalue weighted by atomic mass is 16.5. The first-order valence-corrected chi connectivity index (χ1v) is 4.59. The molecule has 0 aliphatic rings. The largest absolute Gasteiger partial charge is 0.496 e. The van der Waals surface area contributed by atoms with Crippen molar-refractivity contribution >= 4 is 6.08 Å². The number of hydrogen-bond acceptors (Lipinski definition) is 1. The van der Waals surface area contributed by atoms with Gasteiger partial charge in [-0.2, -0.15) is 0 Å². The van der Waals surface area contributed by atoms with Crippen LogP contribution in [0.4, 0.5) is 0 Å². The van der Waals surface area contributed by atoms with Gasteiger partial charge in [-0.1, -0.05) is 37.3 Å². The van der Waals surface area contributed by atoms with Crippen molar-refractivity contribution in [3.8, 4) is 5.75 Å². The molecule has 1 nitrogen and oxygen atoms in total. The summed E-state index contributed by atoms with van der Waals surface area (Å²) in [6.45, 7) is 4.18. The first-order chi connectivity index (χ1) is 6.29. The van der Waals surface area contributed by atoms with Crippen molar-refractivity contribution in [3.05, 3.63) is 35.4 Å². The van der Waals surface area contributed by atoms with E-state index in [2.05, 4.69) is 38.1 Å². The Bertz CT molecular complexity index is 300. The Morgan fingerprint density at radius 2 is 2.15 bits per heavy atom. The molecule has 0 unspecified atom stereocenters. The van der Waals surface area contributed by atoms with Crippen molar-refractivity contribution in [2.24, 2.45) is 0 Å². The molecule has 0 amide bonds. The average Bonchev–Trinajstić information content (AvgIpc) is 2.15. The third-order valence-electron chi connectivity index (χ3n) is 1.98. The van der Waals surface area contributed by atoms with E-state index in [0.29, 0.717) is 0 Å². The lowest BCUT2D eigenvalue weighted by Gasteiger charge is -2.07. The van der Waals surface area contributed by atoms with Gasteiger partial charge < -0.3 is 4.74 Å². The maximum absolute atomic E-state index is 5.32. The van der Waals surface area contributed by atoms with Crippen LogP contribution in [-0.4, -0.2) is 7.11 Å². The zero-order valence-electron chi connectivity index (χ0n) is 8.50. The Labute approximate surface area is 80.0 Å². The van der Waals surface area contributed by atoms with E-state index >= 15 is 0 Å². The Hall–Kier alpha value is -1.24. The van der Waals surface area contributed by atoms with Crippen LogP contribution in [-0.2, 0) is 0 Å². The van der Waals surface area contributed by atoms with Gasteiger partial charge in [0.2, 0.25) is 0 Å². The molecule has 1 heteroatoms. The van der Waals surface area contributed by atoms with E-state index in [1.54, 1.807) is 7.11 Å². The number of allylic oxidation sites excluding steroid dienone is 1. The molecule has 0 bridgehead atoms. The fourth-order valence-corrected chi connectivity index (χ4v) is 1.33. The lowest BCUT2D eigenvalue weighted by atomic mass is 10.1. The van der Waals surface area contributed by atoms with Crippen molar-refractivity contribution < 1.29 is 4.74 Å². The zero-order valence-corrected chi connectivity index (χ0v) is 8.50. The topological polar surface area (TPSA) is 9.23 Å². The second-order valence-electron chi connectivity index (χ2n) is 3.01. The Balaban J connectivity index is 3.05. The van der Waals surface area contributed by atoms with E-state index in [1.165, 1.54) is 5.56 Å². The number of benzene rings is 1. The molecule has 0 atom stereocenters. The number of ether oxygens (including phenoxy) is 1. The highest BCUT2D eigenvalue weighted by Crippen LogP contribution is 2.23. The summed E-state index contributed by atoms with van der Waals surface area (Å²) in [6.07, 6.45) is 5.29. The molecule has 0 spiro atoms. The third-order valence-corrected chi connectivity index (χ3v) is 1.98. The molecule has 0 saturated carbocycles. The molecule has 0 saturated heterocycles. The van der Waals surface area contributed by atoms with Crippen LogP contribution in [0.3, 0.4) is 0 Å². The minimum atomic E-state index is 0.979. The molecule has 70 valence electrons. The fraction of sp³-hybridized carbons (Fsp3) is 0.333. The smallest absolute Gasteiger partial charge is 0.128 e. The highest BCUT2D eigenvalue weighted by molar-refractivity contribution is 5.59. The van der Waals surface area contributed by atoms with Crippen molar-refractivity contribution in [2.75, 3.05) is 7.11 Å². The van der Waals surface area contributed by atoms with Gasteiger partial charge in [0, 0.05) is 5.56 Å². The van der Waals surface area contributed by atoms with Crippen LogP contribution in [0.2, 0.25) is 0 Å². The first-order valence-electron chi connectivity index (χ1n) is 4.59. The predicted molar refractivity (Wildman–Crippen MR) is 57.1 cm³/mol. The standard InChI is InChI=1S/C12H16O/c1-4-5-8-11-9-6-7-10(2)12(11)13-3/h5-9H,4H2,1-3H3/b8-5-. The molecule has 0 fully saturated rings. The molecule has 0 radical (unpaired) electrons. The molecule has 0 aliphatic carbocycles. The fourth-order valence-electron chi connectivity index (χ4n) is 1.33. The van der Waals surface area contributed by atoms with Crippen molar-refractivity contribution in [2.45, 2.75) is 20.3 Å². The molecule has 13 heavy (non-hydrogen) atoms. The Kier molecular flexibility index (Phi) is 3.56. The minimum Gasteiger partial charge on any atom is -0.496 e. The molecule has 1 aromatic carbocycles. The highest BCUT2D eigenvalue weighted by Gasteiger charge is 2.01. The van der Waals surface area contributed by atoms with Crippen molar-refractivity contribution in [3.63, 3.8) is 0 Å².